The average molecular weight is 223 g/mol. The number of aromatic nitrogens is 1. The van der Waals surface area contributed by atoms with Gasteiger partial charge in [0, 0.05) is 13.3 Å². The summed E-state index contributed by atoms with van der Waals surface area (Å²) in [7, 11) is 1.51. The summed E-state index contributed by atoms with van der Waals surface area (Å²) >= 11 is 0. The van der Waals surface area contributed by atoms with Crippen LogP contribution in [0.5, 0.6) is 0 Å². The van der Waals surface area contributed by atoms with E-state index in [-0.39, 0.29) is 18.6 Å². The number of hydrogen-bond donors (Lipinski definition) is 2. The summed E-state index contributed by atoms with van der Waals surface area (Å²) < 4.78 is 4.81. The van der Waals surface area contributed by atoms with Gasteiger partial charge in [0.2, 0.25) is 5.91 Å². The summed E-state index contributed by atoms with van der Waals surface area (Å²) in [6.45, 7) is 2.07. The van der Waals surface area contributed by atoms with E-state index in [4.69, 9.17) is 10.5 Å². The first kappa shape index (κ1) is 12.6. The van der Waals surface area contributed by atoms with Crippen LogP contribution in [0.3, 0.4) is 0 Å². The van der Waals surface area contributed by atoms with Crippen molar-refractivity contribution in [2.45, 2.75) is 19.0 Å². The predicted octanol–water partition coefficient (Wildman–Crippen LogP) is 0.232. The molecule has 0 saturated heterocycles. The number of hydrogen-bond acceptors (Lipinski definition) is 4. The average Bonchev–Trinajstić information content (AvgIpc) is 2.30. The Labute approximate surface area is 95.0 Å². The van der Waals surface area contributed by atoms with Crippen LogP contribution in [-0.4, -0.2) is 30.6 Å². The fourth-order valence-corrected chi connectivity index (χ4v) is 1.28. The topological polar surface area (TPSA) is 77.2 Å². The molecule has 1 rings (SSSR count). The van der Waals surface area contributed by atoms with E-state index in [9.17, 15) is 4.79 Å². The lowest BCUT2D eigenvalue weighted by molar-refractivity contribution is -0.124. The van der Waals surface area contributed by atoms with Crippen LogP contribution in [0.2, 0.25) is 0 Å². The number of nitrogens with one attached hydrogen (secondary N) is 1. The molecule has 1 heterocycles. The summed E-state index contributed by atoms with van der Waals surface area (Å²) in [5, 5.41) is 2.77. The highest BCUT2D eigenvalue weighted by Gasteiger charge is 2.16. The lowest BCUT2D eigenvalue weighted by Crippen LogP contribution is -2.44. The van der Waals surface area contributed by atoms with Gasteiger partial charge in [0.1, 0.15) is 6.04 Å². The van der Waals surface area contributed by atoms with E-state index in [1.165, 1.54) is 7.11 Å². The molecule has 0 fully saturated rings. The van der Waals surface area contributed by atoms with E-state index in [0.717, 1.165) is 5.69 Å². The number of rotatable bonds is 5. The van der Waals surface area contributed by atoms with Crippen molar-refractivity contribution in [1.82, 2.24) is 10.3 Å². The van der Waals surface area contributed by atoms with Gasteiger partial charge in [-0.25, -0.2) is 0 Å². The second-order valence-corrected chi connectivity index (χ2v) is 3.55. The van der Waals surface area contributed by atoms with Crippen LogP contribution in [0.15, 0.2) is 24.4 Å². The second-order valence-electron chi connectivity index (χ2n) is 3.55. The molecule has 1 aromatic rings. The van der Waals surface area contributed by atoms with Gasteiger partial charge in [-0.05, 0) is 19.1 Å². The quantitative estimate of drug-likeness (QED) is 0.749. The molecule has 88 valence electrons. The Hall–Kier alpha value is -1.46. The molecule has 16 heavy (non-hydrogen) atoms. The van der Waals surface area contributed by atoms with E-state index < -0.39 is 6.04 Å². The largest absolute Gasteiger partial charge is 0.383 e. The van der Waals surface area contributed by atoms with Gasteiger partial charge in [0.05, 0.1) is 18.3 Å². The number of nitrogens with zero attached hydrogens (tertiary/aromatic N) is 1. The Kier molecular flexibility index (Phi) is 4.88. The van der Waals surface area contributed by atoms with Gasteiger partial charge in [-0.1, -0.05) is 6.07 Å². The van der Waals surface area contributed by atoms with Crippen LogP contribution in [0.4, 0.5) is 0 Å². The fourth-order valence-electron chi connectivity index (χ4n) is 1.28. The van der Waals surface area contributed by atoms with Crippen molar-refractivity contribution in [3.63, 3.8) is 0 Å². The number of amides is 1. The Balaban J connectivity index is 2.51. The third kappa shape index (κ3) is 3.60. The maximum atomic E-state index is 11.6. The zero-order valence-corrected chi connectivity index (χ0v) is 9.51. The molecule has 5 heteroatoms. The van der Waals surface area contributed by atoms with E-state index in [1.54, 1.807) is 6.20 Å². The van der Waals surface area contributed by atoms with Gasteiger partial charge in [0.25, 0.3) is 0 Å². The highest BCUT2D eigenvalue weighted by atomic mass is 16.5. The van der Waals surface area contributed by atoms with Crippen LogP contribution in [0, 0.1) is 0 Å². The van der Waals surface area contributed by atoms with Crippen molar-refractivity contribution in [3.8, 4) is 0 Å². The predicted molar refractivity (Wildman–Crippen MR) is 60.6 cm³/mol. The van der Waals surface area contributed by atoms with E-state index in [1.807, 2.05) is 25.1 Å². The van der Waals surface area contributed by atoms with Crippen LogP contribution < -0.4 is 11.1 Å². The van der Waals surface area contributed by atoms with Gasteiger partial charge < -0.3 is 15.8 Å². The number of carbonyl (C=O) groups is 1. The van der Waals surface area contributed by atoms with E-state index in [2.05, 4.69) is 10.3 Å². The van der Waals surface area contributed by atoms with Crippen LogP contribution >= 0.6 is 0 Å². The molecule has 1 unspecified atom stereocenters. The first-order valence-electron chi connectivity index (χ1n) is 5.11. The lowest BCUT2D eigenvalue weighted by atomic mass is 10.2. The van der Waals surface area contributed by atoms with Crippen LogP contribution in [0.25, 0.3) is 0 Å². The third-order valence-electron chi connectivity index (χ3n) is 2.17. The molecule has 0 bridgehead atoms. The summed E-state index contributed by atoms with van der Waals surface area (Å²) in [5.74, 6) is -0.236. The maximum Gasteiger partial charge on any atom is 0.239 e. The van der Waals surface area contributed by atoms with Gasteiger partial charge in [-0.15, -0.1) is 0 Å². The Morgan fingerprint density at radius 2 is 2.38 bits per heavy atom. The number of carbonyl (C=O) groups excluding carboxylic acids is 1. The Morgan fingerprint density at radius 3 is 2.94 bits per heavy atom. The molecule has 1 amide bonds. The van der Waals surface area contributed by atoms with E-state index in [0.29, 0.717) is 0 Å². The molecule has 0 aliphatic rings. The minimum Gasteiger partial charge on any atom is -0.383 e. The van der Waals surface area contributed by atoms with E-state index >= 15 is 0 Å². The summed E-state index contributed by atoms with van der Waals surface area (Å²) in [6.07, 6.45) is 1.69. The fraction of sp³-hybridized carbons (Fsp3) is 0.455. The third-order valence-corrected chi connectivity index (χ3v) is 2.17. The number of ether oxygens (including phenoxy) is 1. The van der Waals surface area contributed by atoms with Crippen molar-refractivity contribution >= 4 is 5.91 Å². The number of nitrogens with two attached hydrogens (primary N) is 1. The molecular weight excluding hydrogens is 206 g/mol. The molecular formula is C11H17N3O2. The molecule has 5 nitrogen and oxygen atoms in total. The first-order chi connectivity index (χ1) is 7.65. The highest BCUT2D eigenvalue weighted by Crippen LogP contribution is 2.07. The smallest absolute Gasteiger partial charge is 0.239 e. The standard InChI is InChI=1S/C11H17N3O2/c1-8(10-5-3-4-6-13-10)14-11(15)9(12)7-16-2/h3-6,8-9H,7,12H2,1-2H3,(H,14,15)/t8-,9?/m1/s1. The molecule has 3 N–H and O–H groups in total. The Bertz CT molecular complexity index is 329. The van der Waals surface area contributed by atoms with Crippen molar-refractivity contribution in [1.29, 1.82) is 0 Å². The monoisotopic (exact) mass is 223 g/mol. The Morgan fingerprint density at radius 1 is 1.62 bits per heavy atom. The lowest BCUT2D eigenvalue weighted by Gasteiger charge is -2.16. The number of pyridine rings is 1. The first-order valence-corrected chi connectivity index (χ1v) is 5.11. The molecule has 0 aliphatic heterocycles. The summed E-state index contributed by atoms with van der Waals surface area (Å²) in [4.78, 5) is 15.7. The summed E-state index contributed by atoms with van der Waals surface area (Å²) in [5.41, 5.74) is 6.40. The van der Waals surface area contributed by atoms with Gasteiger partial charge >= 0.3 is 0 Å². The van der Waals surface area contributed by atoms with Crippen molar-refractivity contribution < 1.29 is 9.53 Å². The molecule has 0 radical (unpaired) electrons. The SMILES string of the molecule is COCC(N)C(=O)N[C@H](C)c1ccccn1. The molecule has 0 aliphatic carbocycles. The zero-order chi connectivity index (χ0) is 12.0. The molecule has 1 aromatic heterocycles. The highest BCUT2D eigenvalue weighted by molar-refractivity contribution is 5.81. The van der Waals surface area contributed by atoms with Gasteiger partial charge in [0.15, 0.2) is 0 Å². The van der Waals surface area contributed by atoms with Gasteiger partial charge in [-0.3, -0.25) is 9.78 Å². The minimum atomic E-state index is -0.642. The molecule has 0 spiro atoms. The second kappa shape index (κ2) is 6.19. The van der Waals surface area contributed by atoms with Crippen molar-refractivity contribution in [2.75, 3.05) is 13.7 Å². The normalized spacial score (nSPS) is 14.2. The van der Waals surface area contributed by atoms with Crippen molar-refractivity contribution in [2.24, 2.45) is 5.73 Å². The van der Waals surface area contributed by atoms with Crippen LogP contribution in [-0.2, 0) is 9.53 Å². The van der Waals surface area contributed by atoms with Gasteiger partial charge in [-0.2, -0.15) is 0 Å². The number of methoxy groups -OCH3 is 1. The summed E-state index contributed by atoms with van der Waals surface area (Å²) in [6, 6.07) is 4.76. The van der Waals surface area contributed by atoms with Crippen LogP contribution in [0.1, 0.15) is 18.7 Å². The maximum absolute atomic E-state index is 11.6. The minimum absolute atomic E-state index is 0.156. The molecule has 0 saturated carbocycles. The molecule has 2 atom stereocenters. The zero-order valence-electron chi connectivity index (χ0n) is 9.51. The van der Waals surface area contributed by atoms with Crippen molar-refractivity contribution in [3.05, 3.63) is 30.1 Å². The molecule has 0 aromatic carbocycles.